The molecule has 2 aliphatic rings. The number of carboxylic acids is 1. The minimum absolute atomic E-state index is 0.00127. The van der Waals surface area contributed by atoms with Crippen molar-refractivity contribution < 1.29 is 23.1 Å². The third kappa shape index (κ3) is 4.09. The molecule has 0 aromatic rings. The van der Waals surface area contributed by atoms with E-state index in [1.807, 2.05) is 0 Å². The van der Waals surface area contributed by atoms with Gasteiger partial charge in [0.2, 0.25) is 0 Å². The number of likely N-dealkylation sites (tertiary alicyclic amines) is 1. The van der Waals surface area contributed by atoms with Crippen LogP contribution in [0, 0.1) is 11.8 Å². The van der Waals surface area contributed by atoms with E-state index in [4.69, 9.17) is 5.11 Å². The van der Waals surface area contributed by atoms with Crippen LogP contribution in [0.3, 0.4) is 0 Å². The van der Waals surface area contributed by atoms with Crippen LogP contribution < -0.4 is 5.32 Å². The maximum absolute atomic E-state index is 11.9. The van der Waals surface area contributed by atoms with Crippen LogP contribution in [0.4, 0.5) is 4.79 Å². The zero-order valence-corrected chi connectivity index (χ0v) is 12.1. The molecule has 2 amide bonds. The molecule has 2 unspecified atom stereocenters. The van der Waals surface area contributed by atoms with Gasteiger partial charge in [0.05, 0.1) is 11.5 Å². The summed E-state index contributed by atoms with van der Waals surface area (Å²) >= 11 is 0. The highest BCUT2D eigenvalue weighted by Crippen LogP contribution is 2.20. The molecule has 0 saturated carbocycles. The van der Waals surface area contributed by atoms with Gasteiger partial charge in [-0.25, -0.2) is 13.2 Å². The van der Waals surface area contributed by atoms with E-state index in [2.05, 4.69) is 5.32 Å². The lowest BCUT2D eigenvalue weighted by atomic mass is 10.1. The second-order valence-electron chi connectivity index (χ2n) is 5.65. The van der Waals surface area contributed by atoms with Crippen LogP contribution in [0.5, 0.6) is 0 Å². The molecular weight excluding hydrogens is 284 g/mol. The summed E-state index contributed by atoms with van der Waals surface area (Å²) in [5.41, 5.74) is 0. The molecule has 0 spiro atoms. The summed E-state index contributed by atoms with van der Waals surface area (Å²) in [5, 5.41) is 11.5. The molecule has 20 heavy (non-hydrogen) atoms. The van der Waals surface area contributed by atoms with E-state index in [0.29, 0.717) is 32.5 Å². The normalized spacial score (nSPS) is 28.5. The fourth-order valence-electron chi connectivity index (χ4n) is 2.81. The smallest absolute Gasteiger partial charge is 0.317 e. The van der Waals surface area contributed by atoms with E-state index >= 15 is 0 Å². The van der Waals surface area contributed by atoms with E-state index in [1.165, 1.54) is 0 Å². The SMILES string of the molecule is O=C(O)CC1CCN(C(=O)NCC2CCS(=O)(=O)C2)C1. The summed E-state index contributed by atoms with van der Waals surface area (Å²) in [6.07, 6.45) is 1.40. The Hall–Kier alpha value is -1.31. The second-order valence-corrected chi connectivity index (χ2v) is 7.88. The number of nitrogens with one attached hydrogen (secondary N) is 1. The maximum Gasteiger partial charge on any atom is 0.317 e. The van der Waals surface area contributed by atoms with Gasteiger partial charge in [-0.15, -0.1) is 0 Å². The molecule has 2 heterocycles. The number of aliphatic carboxylic acids is 1. The summed E-state index contributed by atoms with van der Waals surface area (Å²) in [7, 11) is -2.91. The highest BCUT2D eigenvalue weighted by Gasteiger charge is 2.30. The van der Waals surface area contributed by atoms with Crippen molar-refractivity contribution in [3.8, 4) is 0 Å². The Balaban J connectivity index is 1.72. The van der Waals surface area contributed by atoms with Crippen molar-refractivity contribution in [2.24, 2.45) is 11.8 Å². The lowest BCUT2D eigenvalue weighted by Crippen LogP contribution is -2.40. The van der Waals surface area contributed by atoms with Gasteiger partial charge in [0.15, 0.2) is 9.84 Å². The zero-order chi connectivity index (χ0) is 14.8. The summed E-state index contributed by atoms with van der Waals surface area (Å²) in [4.78, 5) is 24.1. The van der Waals surface area contributed by atoms with Crippen LogP contribution in [0.15, 0.2) is 0 Å². The average Bonchev–Trinajstić information content (AvgIpc) is 2.92. The van der Waals surface area contributed by atoms with Gasteiger partial charge in [-0.1, -0.05) is 0 Å². The molecule has 114 valence electrons. The Morgan fingerprint density at radius 1 is 1.25 bits per heavy atom. The molecular formula is C12H20N2O5S. The van der Waals surface area contributed by atoms with Crippen molar-refractivity contribution in [2.45, 2.75) is 19.3 Å². The molecule has 0 aromatic carbocycles. The minimum atomic E-state index is -2.91. The number of carbonyl (C=O) groups is 2. The Bertz CT molecular complexity index is 490. The van der Waals surface area contributed by atoms with Crippen molar-refractivity contribution in [3.63, 3.8) is 0 Å². The monoisotopic (exact) mass is 304 g/mol. The Morgan fingerprint density at radius 3 is 2.60 bits per heavy atom. The molecule has 8 heteroatoms. The van der Waals surface area contributed by atoms with E-state index in [-0.39, 0.29) is 35.8 Å². The van der Waals surface area contributed by atoms with Crippen molar-refractivity contribution >= 4 is 21.8 Å². The first-order valence-corrected chi connectivity index (χ1v) is 8.63. The van der Waals surface area contributed by atoms with Crippen molar-refractivity contribution in [1.29, 1.82) is 0 Å². The van der Waals surface area contributed by atoms with Gasteiger partial charge >= 0.3 is 12.0 Å². The van der Waals surface area contributed by atoms with E-state index < -0.39 is 15.8 Å². The van der Waals surface area contributed by atoms with Gasteiger partial charge in [-0.05, 0) is 24.7 Å². The lowest BCUT2D eigenvalue weighted by Gasteiger charge is -2.18. The van der Waals surface area contributed by atoms with Gasteiger partial charge in [0.25, 0.3) is 0 Å². The number of carbonyl (C=O) groups excluding carboxylic acids is 1. The molecule has 2 aliphatic heterocycles. The fourth-order valence-corrected chi connectivity index (χ4v) is 4.67. The number of urea groups is 1. The molecule has 0 bridgehead atoms. The number of hydrogen-bond acceptors (Lipinski definition) is 4. The van der Waals surface area contributed by atoms with Crippen molar-refractivity contribution in [3.05, 3.63) is 0 Å². The van der Waals surface area contributed by atoms with Crippen molar-refractivity contribution in [1.82, 2.24) is 10.2 Å². The van der Waals surface area contributed by atoms with E-state index in [1.54, 1.807) is 4.90 Å². The number of hydrogen-bond donors (Lipinski definition) is 2. The maximum atomic E-state index is 11.9. The topological polar surface area (TPSA) is 104 Å². The Morgan fingerprint density at radius 2 is 2.00 bits per heavy atom. The standard InChI is InChI=1S/C12H20N2O5S/c15-11(16)5-9-1-3-14(7-9)12(17)13-6-10-2-4-20(18,19)8-10/h9-10H,1-8H2,(H,13,17)(H,15,16). The molecule has 0 radical (unpaired) electrons. The van der Waals surface area contributed by atoms with Crippen LogP contribution >= 0.6 is 0 Å². The average molecular weight is 304 g/mol. The molecule has 2 atom stereocenters. The molecule has 2 saturated heterocycles. The van der Waals surface area contributed by atoms with E-state index in [9.17, 15) is 18.0 Å². The largest absolute Gasteiger partial charge is 0.481 e. The molecule has 2 rings (SSSR count). The predicted molar refractivity (Wildman–Crippen MR) is 72.1 cm³/mol. The number of rotatable bonds is 4. The number of nitrogens with zero attached hydrogens (tertiary/aromatic N) is 1. The van der Waals surface area contributed by atoms with Gasteiger partial charge in [-0.2, -0.15) is 0 Å². The van der Waals surface area contributed by atoms with Gasteiger partial charge in [0.1, 0.15) is 0 Å². The summed E-state index contributed by atoms with van der Waals surface area (Å²) in [6, 6.07) is -0.220. The summed E-state index contributed by atoms with van der Waals surface area (Å²) in [6.45, 7) is 1.39. The highest BCUT2D eigenvalue weighted by molar-refractivity contribution is 7.91. The predicted octanol–water partition coefficient (Wildman–Crippen LogP) is -0.0727. The molecule has 2 fully saturated rings. The Labute approximate surface area is 118 Å². The van der Waals surface area contributed by atoms with Crippen LogP contribution in [-0.2, 0) is 14.6 Å². The van der Waals surface area contributed by atoms with Gasteiger partial charge < -0.3 is 15.3 Å². The van der Waals surface area contributed by atoms with Crippen LogP contribution in [0.25, 0.3) is 0 Å². The lowest BCUT2D eigenvalue weighted by molar-refractivity contribution is -0.138. The quantitative estimate of drug-likeness (QED) is 0.756. The van der Waals surface area contributed by atoms with Crippen LogP contribution in [0.2, 0.25) is 0 Å². The first-order valence-electron chi connectivity index (χ1n) is 6.81. The summed E-state index contributed by atoms with van der Waals surface area (Å²) < 4.78 is 22.6. The van der Waals surface area contributed by atoms with Crippen LogP contribution in [-0.4, -0.2) is 61.6 Å². The number of sulfone groups is 1. The van der Waals surface area contributed by atoms with Crippen LogP contribution in [0.1, 0.15) is 19.3 Å². The summed E-state index contributed by atoms with van der Waals surface area (Å²) in [5.74, 6) is -0.466. The first kappa shape index (κ1) is 15.1. The fraction of sp³-hybridized carbons (Fsp3) is 0.833. The second kappa shape index (κ2) is 5.99. The third-order valence-corrected chi connectivity index (χ3v) is 5.74. The number of carboxylic acid groups (broad SMARTS) is 1. The first-order chi connectivity index (χ1) is 9.35. The molecule has 7 nitrogen and oxygen atoms in total. The third-order valence-electron chi connectivity index (χ3n) is 3.91. The number of amides is 2. The van der Waals surface area contributed by atoms with Crippen molar-refractivity contribution in [2.75, 3.05) is 31.1 Å². The minimum Gasteiger partial charge on any atom is -0.481 e. The molecule has 0 aliphatic carbocycles. The molecule has 2 N–H and O–H groups in total. The highest BCUT2D eigenvalue weighted by atomic mass is 32.2. The van der Waals surface area contributed by atoms with Gasteiger partial charge in [0, 0.05) is 26.1 Å². The van der Waals surface area contributed by atoms with Gasteiger partial charge in [-0.3, -0.25) is 4.79 Å². The van der Waals surface area contributed by atoms with E-state index in [0.717, 1.165) is 0 Å². The Kier molecular flexibility index (Phi) is 4.52. The molecule has 0 aromatic heterocycles. The zero-order valence-electron chi connectivity index (χ0n) is 11.2.